The molecule has 0 spiro atoms. The van der Waals surface area contributed by atoms with Gasteiger partial charge in [0.05, 0.1) is 24.1 Å². The Morgan fingerprint density at radius 1 is 1.24 bits per heavy atom. The number of nitrogens with zero attached hydrogens (tertiary/aromatic N) is 3. The van der Waals surface area contributed by atoms with Crippen molar-refractivity contribution in [3.8, 4) is 0 Å². The molecule has 9 heteroatoms. The summed E-state index contributed by atoms with van der Waals surface area (Å²) in [4.78, 5) is 26.9. The molecular weight excluding hydrogens is 372 g/mol. The third-order valence-corrected chi connectivity index (χ3v) is 5.40. The van der Waals surface area contributed by atoms with E-state index in [2.05, 4.69) is 25.7 Å². The summed E-state index contributed by atoms with van der Waals surface area (Å²) in [5, 5.41) is 16.9. The Balaban J connectivity index is 1.33. The highest BCUT2D eigenvalue weighted by Gasteiger charge is 2.28. The minimum absolute atomic E-state index is 0.0230. The molecule has 9 nitrogen and oxygen atoms in total. The summed E-state index contributed by atoms with van der Waals surface area (Å²) in [5.74, 6) is 0.705. The fourth-order valence-electron chi connectivity index (χ4n) is 3.75. The third kappa shape index (κ3) is 3.94. The first-order chi connectivity index (χ1) is 14.0. The molecule has 4 heterocycles. The second-order valence-corrected chi connectivity index (χ2v) is 7.35. The highest BCUT2D eigenvalue weighted by atomic mass is 16.3. The van der Waals surface area contributed by atoms with Crippen LogP contribution in [0.5, 0.6) is 0 Å². The number of aryl methyl sites for hydroxylation is 2. The fourth-order valence-corrected chi connectivity index (χ4v) is 3.75. The number of rotatable bonds is 5. The summed E-state index contributed by atoms with van der Waals surface area (Å²) >= 11 is 0. The van der Waals surface area contributed by atoms with E-state index in [1.54, 1.807) is 24.5 Å². The van der Waals surface area contributed by atoms with E-state index in [0.717, 1.165) is 29.9 Å². The summed E-state index contributed by atoms with van der Waals surface area (Å²) < 4.78 is 5.21. The molecule has 3 aromatic heterocycles. The zero-order chi connectivity index (χ0) is 20.4. The molecule has 0 unspecified atom stereocenters. The lowest BCUT2D eigenvalue weighted by Crippen LogP contribution is -2.38. The lowest BCUT2D eigenvalue weighted by molar-refractivity contribution is 0.0710. The molecule has 152 valence electrons. The van der Waals surface area contributed by atoms with Gasteiger partial charge in [0.1, 0.15) is 11.5 Å². The van der Waals surface area contributed by atoms with Gasteiger partial charge in [0.2, 0.25) is 0 Å². The molecule has 1 saturated heterocycles. The SMILES string of the molecule is Cc1n[nH]c(C)c1C(=O)N1CCC(c2cc(C(=O)NCc3ccco3)n[nH]2)CC1. The number of aromatic amines is 2. The van der Waals surface area contributed by atoms with Crippen LogP contribution in [0.4, 0.5) is 0 Å². The predicted molar refractivity (Wildman–Crippen MR) is 104 cm³/mol. The standard InChI is InChI=1S/C20H24N6O3/c1-12-18(13(2)23-22-12)20(28)26-7-5-14(6-8-26)16-10-17(25-24-16)19(27)21-11-15-4-3-9-29-15/h3-4,9-10,14H,5-8,11H2,1-2H3,(H,21,27)(H,22,23)(H,24,25). The molecule has 1 fully saturated rings. The highest BCUT2D eigenvalue weighted by Crippen LogP contribution is 2.28. The van der Waals surface area contributed by atoms with E-state index in [-0.39, 0.29) is 17.7 Å². The molecule has 0 radical (unpaired) electrons. The Labute approximate surface area is 167 Å². The lowest BCUT2D eigenvalue weighted by atomic mass is 9.93. The molecule has 1 aliphatic rings. The predicted octanol–water partition coefficient (Wildman–Crippen LogP) is 2.29. The Morgan fingerprint density at radius 3 is 2.69 bits per heavy atom. The Kier molecular flexibility index (Phi) is 5.20. The minimum Gasteiger partial charge on any atom is -0.467 e. The second kappa shape index (κ2) is 7.94. The number of hydrogen-bond donors (Lipinski definition) is 3. The summed E-state index contributed by atoms with van der Waals surface area (Å²) in [6.45, 7) is 5.34. The van der Waals surface area contributed by atoms with Gasteiger partial charge in [-0.3, -0.25) is 19.8 Å². The van der Waals surface area contributed by atoms with Crippen molar-refractivity contribution in [2.75, 3.05) is 13.1 Å². The van der Waals surface area contributed by atoms with Crippen LogP contribution in [0.1, 0.15) is 62.4 Å². The average molecular weight is 396 g/mol. The first-order valence-corrected chi connectivity index (χ1v) is 9.69. The van der Waals surface area contributed by atoms with Gasteiger partial charge in [0.25, 0.3) is 11.8 Å². The van der Waals surface area contributed by atoms with Crippen LogP contribution in [-0.2, 0) is 6.54 Å². The third-order valence-electron chi connectivity index (χ3n) is 5.40. The van der Waals surface area contributed by atoms with Crippen LogP contribution in [0.15, 0.2) is 28.9 Å². The van der Waals surface area contributed by atoms with E-state index in [9.17, 15) is 9.59 Å². The Bertz CT molecular complexity index is 976. The van der Waals surface area contributed by atoms with Crippen molar-refractivity contribution in [2.45, 2.75) is 39.2 Å². The van der Waals surface area contributed by atoms with Crippen molar-refractivity contribution in [1.29, 1.82) is 0 Å². The molecule has 2 amide bonds. The number of carbonyl (C=O) groups excluding carboxylic acids is 2. The lowest BCUT2D eigenvalue weighted by Gasteiger charge is -2.31. The van der Waals surface area contributed by atoms with E-state index in [0.29, 0.717) is 36.7 Å². The van der Waals surface area contributed by atoms with Crippen LogP contribution in [0.25, 0.3) is 0 Å². The van der Waals surface area contributed by atoms with Crippen molar-refractivity contribution >= 4 is 11.8 Å². The van der Waals surface area contributed by atoms with E-state index in [4.69, 9.17) is 4.42 Å². The van der Waals surface area contributed by atoms with E-state index < -0.39 is 0 Å². The first kappa shape index (κ1) is 19.0. The topological polar surface area (TPSA) is 120 Å². The van der Waals surface area contributed by atoms with Gasteiger partial charge in [-0.15, -0.1) is 0 Å². The van der Waals surface area contributed by atoms with Gasteiger partial charge >= 0.3 is 0 Å². The van der Waals surface area contributed by atoms with E-state index in [1.165, 1.54) is 0 Å². The molecule has 0 saturated carbocycles. The van der Waals surface area contributed by atoms with Gasteiger partial charge in [-0.25, -0.2) is 0 Å². The summed E-state index contributed by atoms with van der Waals surface area (Å²) in [6.07, 6.45) is 3.20. The largest absolute Gasteiger partial charge is 0.467 e. The summed E-state index contributed by atoms with van der Waals surface area (Å²) in [5.41, 5.74) is 3.48. The van der Waals surface area contributed by atoms with Crippen LogP contribution < -0.4 is 5.32 Å². The fraction of sp³-hybridized carbons (Fsp3) is 0.400. The number of H-pyrrole nitrogens is 2. The number of piperidine rings is 1. The second-order valence-electron chi connectivity index (χ2n) is 7.35. The van der Waals surface area contributed by atoms with Gasteiger partial charge < -0.3 is 14.6 Å². The molecule has 3 N–H and O–H groups in total. The Morgan fingerprint density at radius 2 is 2.03 bits per heavy atom. The molecule has 0 bridgehead atoms. The zero-order valence-corrected chi connectivity index (χ0v) is 16.5. The maximum Gasteiger partial charge on any atom is 0.272 e. The number of nitrogens with one attached hydrogen (secondary N) is 3. The van der Waals surface area contributed by atoms with E-state index >= 15 is 0 Å². The molecule has 0 atom stereocenters. The van der Waals surface area contributed by atoms with Crippen molar-refractivity contribution in [2.24, 2.45) is 0 Å². The number of amides is 2. The highest BCUT2D eigenvalue weighted by molar-refractivity contribution is 5.96. The van der Waals surface area contributed by atoms with Gasteiger partial charge in [0, 0.05) is 30.4 Å². The molecule has 29 heavy (non-hydrogen) atoms. The smallest absolute Gasteiger partial charge is 0.272 e. The number of hydrogen-bond acceptors (Lipinski definition) is 5. The quantitative estimate of drug-likeness (QED) is 0.611. The Hall–Kier alpha value is -3.36. The number of furan rings is 1. The maximum absolute atomic E-state index is 12.8. The number of likely N-dealkylation sites (tertiary alicyclic amines) is 1. The van der Waals surface area contributed by atoms with Crippen molar-refractivity contribution < 1.29 is 14.0 Å². The maximum atomic E-state index is 12.8. The van der Waals surface area contributed by atoms with Crippen LogP contribution in [0.3, 0.4) is 0 Å². The summed E-state index contributed by atoms with van der Waals surface area (Å²) in [7, 11) is 0. The molecule has 1 aliphatic heterocycles. The van der Waals surface area contributed by atoms with Crippen LogP contribution in [0.2, 0.25) is 0 Å². The van der Waals surface area contributed by atoms with Crippen LogP contribution >= 0.6 is 0 Å². The van der Waals surface area contributed by atoms with Crippen molar-refractivity contribution in [1.82, 2.24) is 30.6 Å². The van der Waals surface area contributed by atoms with Gasteiger partial charge in [-0.05, 0) is 44.9 Å². The molecule has 4 rings (SSSR count). The summed E-state index contributed by atoms with van der Waals surface area (Å²) in [6, 6.07) is 5.38. The molecular formula is C20H24N6O3. The van der Waals surface area contributed by atoms with Gasteiger partial charge in [0.15, 0.2) is 0 Å². The first-order valence-electron chi connectivity index (χ1n) is 9.69. The monoisotopic (exact) mass is 396 g/mol. The van der Waals surface area contributed by atoms with E-state index in [1.807, 2.05) is 18.7 Å². The number of aromatic nitrogens is 4. The van der Waals surface area contributed by atoms with Crippen LogP contribution in [-0.4, -0.2) is 50.2 Å². The minimum atomic E-state index is -0.248. The normalized spacial score (nSPS) is 14.9. The zero-order valence-electron chi connectivity index (χ0n) is 16.5. The van der Waals surface area contributed by atoms with Crippen molar-refractivity contribution in [3.05, 3.63) is 58.6 Å². The average Bonchev–Trinajstić information content (AvgIpc) is 3.48. The van der Waals surface area contributed by atoms with Crippen LogP contribution in [0, 0.1) is 13.8 Å². The molecule has 3 aromatic rings. The number of carbonyl (C=O) groups is 2. The van der Waals surface area contributed by atoms with Gasteiger partial charge in [-0.2, -0.15) is 10.2 Å². The van der Waals surface area contributed by atoms with Crippen molar-refractivity contribution in [3.63, 3.8) is 0 Å². The van der Waals surface area contributed by atoms with Gasteiger partial charge in [-0.1, -0.05) is 0 Å². The molecule has 0 aliphatic carbocycles. The molecule has 0 aromatic carbocycles.